The van der Waals surface area contributed by atoms with Crippen molar-refractivity contribution in [3.8, 4) is 6.01 Å². The van der Waals surface area contributed by atoms with E-state index in [1.807, 2.05) is 6.92 Å². The number of nitrogens with one attached hydrogen (secondary N) is 3. The van der Waals surface area contributed by atoms with Crippen LogP contribution in [0.5, 0.6) is 6.01 Å². The Labute approximate surface area is 117 Å². The smallest absolute Gasteiger partial charge is 0.323 e. The monoisotopic (exact) mass is 280 g/mol. The molecule has 0 bridgehead atoms. The van der Waals surface area contributed by atoms with Crippen molar-refractivity contribution in [3.05, 3.63) is 0 Å². The Morgan fingerprint density at radius 1 is 1.35 bits per heavy atom. The van der Waals surface area contributed by atoms with E-state index in [0.717, 1.165) is 12.8 Å². The van der Waals surface area contributed by atoms with E-state index in [9.17, 15) is 4.79 Å². The molecule has 0 saturated carbocycles. The zero-order valence-corrected chi connectivity index (χ0v) is 11.8. The fraction of sp³-hybridized carbons (Fsp3) is 0.667. The number of hydrogen-bond acceptors (Lipinski definition) is 7. The molecular weight excluding hydrogens is 260 g/mol. The standard InChI is InChI=1S/C12H20N6O2/c1-3-6-20-12-17-10(13-2)16-11(18-12)15-8-4-5-9(19)14-7-8/h8H,3-7H2,1-2H3,(H,14,19)(H2,13,15,16,17,18). The largest absolute Gasteiger partial charge is 0.463 e. The minimum absolute atomic E-state index is 0.0848. The number of anilines is 2. The summed E-state index contributed by atoms with van der Waals surface area (Å²) < 4.78 is 5.43. The van der Waals surface area contributed by atoms with Crippen LogP contribution in [0.1, 0.15) is 26.2 Å². The summed E-state index contributed by atoms with van der Waals surface area (Å²) >= 11 is 0. The van der Waals surface area contributed by atoms with E-state index in [1.54, 1.807) is 7.05 Å². The van der Waals surface area contributed by atoms with Crippen molar-refractivity contribution in [2.45, 2.75) is 32.2 Å². The van der Waals surface area contributed by atoms with Gasteiger partial charge in [0.1, 0.15) is 0 Å². The molecule has 1 saturated heterocycles. The lowest BCUT2D eigenvalue weighted by molar-refractivity contribution is -0.122. The van der Waals surface area contributed by atoms with Crippen molar-refractivity contribution < 1.29 is 9.53 Å². The van der Waals surface area contributed by atoms with E-state index in [1.165, 1.54) is 0 Å². The van der Waals surface area contributed by atoms with Gasteiger partial charge in [-0.1, -0.05) is 6.92 Å². The topological polar surface area (TPSA) is 101 Å². The number of carbonyl (C=O) groups is 1. The molecule has 8 nitrogen and oxygen atoms in total. The lowest BCUT2D eigenvalue weighted by Gasteiger charge is -2.23. The van der Waals surface area contributed by atoms with E-state index in [4.69, 9.17) is 4.74 Å². The Hall–Kier alpha value is -2.12. The maximum absolute atomic E-state index is 11.1. The van der Waals surface area contributed by atoms with Crippen molar-refractivity contribution in [1.82, 2.24) is 20.3 Å². The Kier molecular flexibility index (Phi) is 4.91. The molecule has 20 heavy (non-hydrogen) atoms. The average molecular weight is 280 g/mol. The Bertz CT molecular complexity index is 457. The van der Waals surface area contributed by atoms with Gasteiger partial charge in [-0.3, -0.25) is 4.79 Å². The van der Waals surface area contributed by atoms with Gasteiger partial charge in [-0.15, -0.1) is 0 Å². The number of piperidine rings is 1. The molecular formula is C12H20N6O2. The van der Waals surface area contributed by atoms with Crippen LogP contribution in [-0.4, -0.2) is 47.1 Å². The van der Waals surface area contributed by atoms with E-state index in [0.29, 0.717) is 37.5 Å². The third-order valence-electron chi connectivity index (χ3n) is 2.87. The Balaban J connectivity index is 2.03. The highest BCUT2D eigenvalue weighted by molar-refractivity contribution is 5.76. The molecule has 110 valence electrons. The first-order chi connectivity index (χ1) is 9.71. The number of rotatable bonds is 6. The van der Waals surface area contributed by atoms with Gasteiger partial charge in [-0.05, 0) is 12.8 Å². The third-order valence-corrected chi connectivity index (χ3v) is 2.87. The van der Waals surface area contributed by atoms with Crippen molar-refractivity contribution in [2.75, 3.05) is 30.8 Å². The summed E-state index contributed by atoms with van der Waals surface area (Å²) in [5, 5.41) is 8.88. The Morgan fingerprint density at radius 3 is 2.80 bits per heavy atom. The van der Waals surface area contributed by atoms with Gasteiger partial charge in [-0.25, -0.2) is 0 Å². The molecule has 0 aromatic carbocycles. The number of nitrogens with zero attached hydrogens (tertiary/aromatic N) is 3. The fourth-order valence-corrected chi connectivity index (χ4v) is 1.83. The van der Waals surface area contributed by atoms with Crippen molar-refractivity contribution in [3.63, 3.8) is 0 Å². The molecule has 0 aliphatic carbocycles. The summed E-state index contributed by atoms with van der Waals surface area (Å²) in [4.78, 5) is 23.7. The molecule has 8 heteroatoms. The first kappa shape index (κ1) is 14.3. The molecule has 1 aliphatic heterocycles. The minimum Gasteiger partial charge on any atom is -0.463 e. The summed E-state index contributed by atoms with van der Waals surface area (Å²) in [7, 11) is 1.74. The van der Waals surface area contributed by atoms with E-state index >= 15 is 0 Å². The van der Waals surface area contributed by atoms with Gasteiger partial charge in [0.25, 0.3) is 0 Å². The maximum atomic E-state index is 11.1. The lowest BCUT2D eigenvalue weighted by Crippen LogP contribution is -2.42. The van der Waals surface area contributed by atoms with Gasteiger partial charge in [0.2, 0.25) is 17.8 Å². The van der Waals surface area contributed by atoms with Gasteiger partial charge in [0, 0.05) is 26.1 Å². The second-order valence-corrected chi connectivity index (χ2v) is 4.55. The van der Waals surface area contributed by atoms with Crippen molar-refractivity contribution in [1.29, 1.82) is 0 Å². The van der Waals surface area contributed by atoms with Crippen LogP contribution in [0.15, 0.2) is 0 Å². The van der Waals surface area contributed by atoms with Gasteiger partial charge in [-0.2, -0.15) is 15.0 Å². The molecule has 0 radical (unpaired) electrons. The van der Waals surface area contributed by atoms with Crippen LogP contribution < -0.4 is 20.7 Å². The number of aromatic nitrogens is 3. The molecule has 1 aromatic rings. The predicted molar refractivity (Wildman–Crippen MR) is 74.8 cm³/mol. The molecule has 2 rings (SSSR count). The lowest BCUT2D eigenvalue weighted by atomic mass is 10.1. The van der Waals surface area contributed by atoms with Gasteiger partial charge in [0.05, 0.1) is 6.61 Å². The van der Waals surface area contributed by atoms with Gasteiger partial charge in [0.15, 0.2) is 0 Å². The summed E-state index contributed by atoms with van der Waals surface area (Å²) in [5.41, 5.74) is 0. The van der Waals surface area contributed by atoms with Crippen LogP contribution in [0.2, 0.25) is 0 Å². The molecule has 0 spiro atoms. The van der Waals surface area contributed by atoms with Crippen LogP contribution in [0, 0.1) is 0 Å². The minimum atomic E-state index is 0.0848. The van der Waals surface area contributed by atoms with E-state index < -0.39 is 0 Å². The number of ether oxygens (including phenoxy) is 1. The highest BCUT2D eigenvalue weighted by Gasteiger charge is 2.19. The normalized spacial score (nSPS) is 18.3. The third kappa shape index (κ3) is 3.94. The molecule has 1 amide bonds. The molecule has 2 heterocycles. The van der Waals surface area contributed by atoms with E-state index in [2.05, 4.69) is 30.9 Å². The first-order valence-corrected chi connectivity index (χ1v) is 6.81. The van der Waals surface area contributed by atoms with Crippen molar-refractivity contribution in [2.24, 2.45) is 0 Å². The number of hydrogen-bond donors (Lipinski definition) is 3. The van der Waals surface area contributed by atoms with Crippen LogP contribution in [0.4, 0.5) is 11.9 Å². The molecule has 1 unspecified atom stereocenters. The molecule has 3 N–H and O–H groups in total. The molecule has 1 aromatic heterocycles. The molecule has 1 fully saturated rings. The van der Waals surface area contributed by atoms with Crippen molar-refractivity contribution >= 4 is 17.8 Å². The second-order valence-electron chi connectivity index (χ2n) is 4.55. The summed E-state index contributed by atoms with van der Waals surface area (Å²) in [6.45, 7) is 3.15. The average Bonchev–Trinajstić information content (AvgIpc) is 2.47. The summed E-state index contributed by atoms with van der Waals surface area (Å²) in [5.74, 6) is 0.992. The second kappa shape index (κ2) is 6.88. The molecule has 1 aliphatic rings. The SMILES string of the molecule is CCCOc1nc(NC)nc(NC2CCC(=O)NC2)n1. The van der Waals surface area contributed by atoms with Crippen LogP contribution >= 0.6 is 0 Å². The highest BCUT2D eigenvalue weighted by Crippen LogP contribution is 2.14. The fourth-order valence-electron chi connectivity index (χ4n) is 1.83. The van der Waals surface area contributed by atoms with Crippen LogP contribution in [0.25, 0.3) is 0 Å². The Morgan fingerprint density at radius 2 is 2.15 bits per heavy atom. The van der Waals surface area contributed by atoms with Crippen LogP contribution in [-0.2, 0) is 4.79 Å². The maximum Gasteiger partial charge on any atom is 0.323 e. The van der Waals surface area contributed by atoms with E-state index in [-0.39, 0.29) is 11.9 Å². The van der Waals surface area contributed by atoms with Gasteiger partial charge >= 0.3 is 6.01 Å². The number of carbonyl (C=O) groups excluding carboxylic acids is 1. The first-order valence-electron chi connectivity index (χ1n) is 6.81. The quantitative estimate of drug-likeness (QED) is 0.693. The number of amides is 1. The van der Waals surface area contributed by atoms with Crippen LogP contribution in [0.3, 0.4) is 0 Å². The highest BCUT2D eigenvalue weighted by atomic mass is 16.5. The summed E-state index contributed by atoms with van der Waals surface area (Å²) in [6.07, 6.45) is 2.16. The zero-order valence-electron chi connectivity index (χ0n) is 11.8. The predicted octanol–water partition coefficient (Wildman–Crippen LogP) is 0.393. The van der Waals surface area contributed by atoms with Gasteiger partial charge < -0.3 is 20.7 Å². The summed E-state index contributed by atoms with van der Waals surface area (Å²) in [6, 6.07) is 0.423. The molecule has 1 atom stereocenters. The zero-order chi connectivity index (χ0) is 14.4.